The van der Waals surface area contributed by atoms with E-state index >= 15 is 0 Å². The summed E-state index contributed by atoms with van der Waals surface area (Å²) in [6, 6.07) is 18.2. The minimum Gasteiger partial charge on any atom is -0.318 e. The van der Waals surface area contributed by atoms with Gasteiger partial charge in [0.1, 0.15) is 0 Å². The van der Waals surface area contributed by atoms with Crippen molar-refractivity contribution < 1.29 is 0 Å². The summed E-state index contributed by atoms with van der Waals surface area (Å²) < 4.78 is 0. The number of hydrogen-bond acceptors (Lipinski definition) is 4. The van der Waals surface area contributed by atoms with Gasteiger partial charge in [-0.15, -0.1) is 0 Å². The molecule has 0 heterocycles. The Morgan fingerprint density at radius 2 is 1.92 bits per heavy atom. The Balaban J connectivity index is 1.75. The summed E-state index contributed by atoms with van der Waals surface area (Å²) >= 11 is 0. The number of nitrogens with zero attached hydrogens (tertiary/aromatic N) is 1. The van der Waals surface area contributed by atoms with Crippen LogP contribution < -0.4 is 16.4 Å². The van der Waals surface area contributed by atoms with Crippen molar-refractivity contribution >= 4 is 0 Å². The van der Waals surface area contributed by atoms with E-state index in [1.165, 1.54) is 0 Å². The molecule has 0 amide bonds. The highest BCUT2D eigenvalue weighted by molar-refractivity contribution is 5.65. The van der Waals surface area contributed by atoms with Crippen LogP contribution in [0.3, 0.4) is 0 Å². The number of hydrogen-bond donors (Lipinski definition) is 3. The van der Waals surface area contributed by atoms with Crippen LogP contribution in [0.15, 0.2) is 72.8 Å². The quantitative estimate of drug-likeness (QED) is 0.673. The Labute approximate surface area is 155 Å². The molecule has 132 valence electrons. The topological polar surface area (TPSA) is 73.9 Å². The molecule has 0 bridgehead atoms. The molecule has 4 nitrogen and oxygen atoms in total. The summed E-state index contributed by atoms with van der Waals surface area (Å²) in [6.45, 7) is 1.29. The van der Waals surface area contributed by atoms with E-state index in [0.29, 0.717) is 18.2 Å². The van der Waals surface area contributed by atoms with Gasteiger partial charge in [-0.3, -0.25) is 10.6 Å². The van der Waals surface area contributed by atoms with E-state index < -0.39 is 0 Å². The first kappa shape index (κ1) is 18.1. The van der Waals surface area contributed by atoms with Crippen molar-refractivity contribution in [1.29, 1.82) is 5.26 Å². The Kier molecular flexibility index (Phi) is 6.34. The van der Waals surface area contributed by atoms with Crippen molar-refractivity contribution in [1.82, 2.24) is 10.6 Å². The fourth-order valence-electron chi connectivity index (χ4n) is 3.11. The van der Waals surface area contributed by atoms with Gasteiger partial charge >= 0.3 is 0 Å². The Hall–Kier alpha value is -2.71. The van der Waals surface area contributed by atoms with Crippen LogP contribution in [0.5, 0.6) is 0 Å². The first-order chi connectivity index (χ1) is 12.8. The molecule has 4 N–H and O–H groups in total. The SMILES string of the molecule is N#Cc1ccc(-c2cccc(C(NCN)NCC3C=CC=CC3)c2)cc1. The average molecular weight is 344 g/mol. The lowest BCUT2D eigenvalue weighted by Crippen LogP contribution is -2.39. The molecular weight excluding hydrogens is 320 g/mol. The molecular formula is C22H24N4. The third-order valence-electron chi connectivity index (χ3n) is 4.54. The monoisotopic (exact) mass is 344 g/mol. The highest BCUT2D eigenvalue weighted by Gasteiger charge is 2.13. The van der Waals surface area contributed by atoms with E-state index in [2.05, 4.69) is 65.3 Å². The predicted octanol–water partition coefficient (Wildman–Crippen LogP) is 3.45. The van der Waals surface area contributed by atoms with Crippen molar-refractivity contribution in [2.24, 2.45) is 11.7 Å². The van der Waals surface area contributed by atoms with Crippen LogP contribution in [-0.2, 0) is 0 Å². The molecule has 1 aliphatic carbocycles. The number of allylic oxidation sites excluding steroid dienone is 3. The van der Waals surface area contributed by atoms with Crippen LogP contribution in [0.4, 0.5) is 0 Å². The van der Waals surface area contributed by atoms with Crippen molar-refractivity contribution in [3.63, 3.8) is 0 Å². The Morgan fingerprint density at radius 1 is 1.08 bits per heavy atom. The fourth-order valence-corrected chi connectivity index (χ4v) is 3.11. The van der Waals surface area contributed by atoms with Crippen molar-refractivity contribution in [3.05, 3.63) is 84.0 Å². The standard InChI is InChI=1S/C22H24N4/c23-14-17-9-11-19(12-10-17)20-7-4-8-21(13-20)22(26-16-24)25-15-18-5-2-1-3-6-18/h1-5,7-13,18,22,25-26H,6,15-16,24H2. The minimum atomic E-state index is -0.00219. The van der Waals surface area contributed by atoms with Gasteiger partial charge in [0.2, 0.25) is 0 Å². The summed E-state index contributed by atoms with van der Waals surface area (Å²) in [5, 5.41) is 15.9. The first-order valence-electron chi connectivity index (χ1n) is 8.91. The summed E-state index contributed by atoms with van der Waals surface area (Å²) in [5.74, 6) is 0.504. The van der Waals surface area contributed by atoms with Gasteiger partial charge in [-0.05, 0) is 47.2 Å². The van der Waals surface area contributed by atoms with E-state index in [9.17, 15) is 0 Å². The van der Waals surface area contributed by atoms with Gasteiger partial charge in [-0.25, -0.2) is 0 Å². The van der Waals surface area contributed by atoms with Crippen molar-refractivity contribution in [2.75, 3.05) is 13.2 Å². The second-order valence-electron chi connectivity index (χ2n) is 6.37. The second-order valence-corrected chi connectivity index (χ2v) is 6.37. The van der Waals surface area contributed by atoms with Crippen molar-refractivity contribution in [2.45, 2.75) is 12.6 Å². The van der Waals surface area contributed by atoms with Crippen LogP contribution in [0.25, 0.3) is 11.1 Å². The number of benzene rings is 2. The fraction of sp³-hybridized carbons (Fsp3) is 0.227. The molecule has 0 spiro atoms. The second kappa shape index (κ2) is 9.12. The number of nitrogens with one attached hydrogen (secondary N) is 2. The van der Waals surface area contributed by atoms with Gasteiger partial charge in [0.15, 0.2) is 0 Å². The molecule has 2 aromatic carbocycles. The molecule has 0 aliphatic heterocycles. The highest BCUT2D eigenvalue weighted by atomic mass is 15.1. The van der Waals surface area contributed by atoms with Gasteiger partial charge in [0.05, 0.1) is 17.8 Å². The molecule has 0 radical (unpaired) electrons. The summed E-state index contributed by atoms with van der Waals surface area (Å²) in [6.07, 6.45) is 9.69. The maximum Gasteiger partial charge on any atom is 0.0991 e. The van der Waals surface area contributed by atoms with Crippen LogP contribution in [0.2, 0.25) is 0 Å². The van der Waals surface area contributed by atoms with E-state index in [0.717, 1.165) is 29.7 Å². The molecule has 2 unspecified atom stereocenters. The van der Waals surface area contributed by atoms with Gasteiger partial charge in [-0.2, -0.15) is 5.26 Å². The van der Waals surface area contributed by atoms with Gasteiger partial charge in [-0.1, -0.05) is 54.6 Å². The molecule has 4 heteroatoms. The molecule has 0 saturated carbocycles. The normalized spacial score (nSPS) is 17.0. The Morgan fingerprint density at radius 3 is 2.62 bits per heavy atom. The lowest BCUT2D eigenvalue weighted by molar-refractivity contribution is 0.417. The molecule has 1 aliphatic rings. The zero-order valence-corrected chi connectivity index (χ0v) is 14.7. The van der Waals surface area contributed by atoms with Crippen LogP contribution in [0, 0.1) is 17.2 Å². The van der Waals surface area contributed by atoms with Crippen LogP contribution in [-0.4, -0.2) is 13.2 Å². The average Bonchev–Trinajstić information content (AvgIpc) is 2.72. The zero-order valence-electron chi connectivity index (χ0n) is 14.7. The molecule has 26 heavy (non-hydrogen) atoms. The number of rotatable bonds is 7. The largest absolute Gasteiger partial charge is 0.318 e. The van der Waals surface area contributed by atoms with Crippen LogP contribution >= 0.6 is 0 Å². The van der Waals surface area contributed by atoms with Gasteiger partial charge < -0.3 is 5.73 Å². The molecule has 2 atom stereocenters. The lowest BCUT2D eigenvalue weighted by Gasteiger charge is -2.23. The van der Waals surface area contributed by atoms with E-state index in [-0.39, 0.29) is 6.17 Å². The molecule has 0 fully saturated rings. The smallest absolute Gasteiger partial charge is 0.0991 e. The summed E-state index contributed by atoms with van der Waals surface area (Å²) in [7, 11) is 0. The van der Waals surface area contributed by atoms with Gasteiger partial charge in [0, 0.05) is 13.2 Å². The van der Waals surface area contributed by atoms with E-state index in [1.807, 2.05) is 24.3 Å². The maximum atomic E-state index is 8.95. The third-order valence-corrected chi connectivity index (χ3v) is 4.54. The maximum absolute atomic E-state index is 8.95. The molecule has 0 aromatic heterocycles. The van der Waals surface area contributed by atoms with Crippen LogP contribution in [0.1, 0.15) is 23.7 Å². The highest BCUT2D eigenvalue weighted by Crippen LogP contribution is 2.23. The van der Waals surface area contributed by atoms with E-state index in [1.54, 1.807) is 0 Å². The third kappa shape index (κ3) is 4.68. The summed E-state index contributed by atoms with van der Waals surface area (Å²) in [4.78, 5) is 0. The van der Waals surface area contributed by atoms with Crippen molar-refractivity contribution in [3.8, 4) is 17.2 Å². The number of nitrogens with two attached hydrogens (primary N) is 1. The predicted molar refractivity (Wildman–Crippen MR) is 106 cm³/mol. The van der Waals surface area contributed by atoms with E-state index in [4.69, 9.17) is 11.0 Å². The molecule has 0 saturated heterocycles. The lowest BCUT2D eigenvalue weighted by atomic mass is 9.99. The Bertz CT molecular complexity index is 815. The zero-order chi connectivity index (χ0) is 18.2. The minimum absolute atomic E-state index is 0.00219. The number of nitriles is 1. The summed E-state index contributed by atoms with van der Waals surface area (Å²) in [5.41, 5.74) is 9.78. The van der Waals surface area contributed by atoms with Gasteiger partial charge in [0.25, 0.3) is 0 Å². The first-order valence-corrected chi connectivity index (χ1v) is 8.91. The molecule has 3 rings (SSSR count). The molecule has 2 aromatic rings.